The molecule has 0 amide bonds. The van der Waals surface area contributed by atoms with Crippen molar-refractivity contribution in [1.82, 2.24) is 0 Å². The molecule has 0 nitrogen and oxygen atoms in total. The van der Waals surface area contributed by atoms with E-state index < -0.39 is 0 Å². The van der Waals surface area contributed by atoms with Gasteiger partial charge >= 0.3 is 0 Å². The predicted molar refractivity (Wildman–Crippen MR) is 122 cm³/mol. The summed E-state index contributed by atoms with van der Waals surface area (Å²) in [7, 11) is 0. The smallest absolute Gasteiger partial charge is 0.00727 e. The van der Waals surface area contributed by atoms with Crippen molar-refractivity contribution in [1.29, 1.82) is 0 Å². The van der Waals surface area contributed by atoms with E-state index in [4.69, 9.17) is 0 Å². The number of unbranched alkanes of at least 4 members (excludes halogenated alkanes) is 14. The molecule has 0 aliphatic heterocycles. The largest absolute Gasteiger partial charge is 0.0804 e. The SMILES string of the molecule is CCCCCCCCCCC1=CC2(CCCCCCCCCC)C=CC1C2. The Kier molecular flexibility index (Phi) is 11.5. The summed E-state index contributed by atoms with van der Waals surface area (Å²) in [5.74, 6) is 0.809. The highest BCUT2D eigenvalue weighted by molar-refractivity contribution is 5.35. The molecule has 0 heterocycles. The Hall–Kier alpha value is -0.520. The summed E-state index contributed by atoms with van der Waals surface area (Å²) in [6.07, 6.45) is 35.1. The van der Waals surface area contributed by atoms with Crippen molar-refractivity contribution >= 4 is 0 Å². The summed E-state index contributed by atoms with van der Waals surface area (Å²) in [6.45, 7) is 4.61. The van der Waals surface area contributed by atoms with E-state index >= 15 is 0 Å². The van der Waals surface area contributed by atoms with Gasteiger partial charge < -0.3 is 0 Å². The molecule has 2 rings (SSSR count). The monoisotopic (exact) mass is 372 g/mol. The first-order valence-electron chi connectivity index (χ1n) is 12.7. The first-order chi connectivity index (χ1) is 13.3. The molecular formula is C27H48. The van der Waals surface area contributed by atoms with Crippen LogP contribution in [0, 0.1) is 11.3 Å². The lowest BCUT2D eigenvalue weighted by Gasteiger charge is -2.21. The average molecular weight is 373 g/mol. The lowest BCUT2D eigenvalue weighted by atomic mass is 9.84. The quantitative estimate of drug-likeness (QED) is 0.166. The molecular weight excluding hydrogens is 324 g/mol. The first kappa shape index (κ1) is 22.8. The van der Waals surface area contributed by atoms with Crippen molar-refractivity contribution < 1.29 is 0 Å². The maximum Gasteiger partial charge on any atom is 0.00727 e. The highest BCUT2D eigenvalue weighted by Gasteiger charge is 2.39. The highest BCUT2D eigenvalue weighted by atomic mass is 14.4. The van der Waals surface area contributed by atoms with Gasteiger partial charge in [-0.1, -0.05) is 134 Å². The van der Waals surface area contributed by atoms with Gasteiger partial charge in [-0.05, 0) is 31.6 Å². The third-order valence-corrected chi connectivity index (χ3v) is 7.02. The van der Waals surface area contributed by atoms with Gasteiger partial charge in [0, 0.05) is 5.41 Å². The third kappa shape index (κ3) is 8.57. The number of hydrogen-bond acceptors (Lipinski definition) is 0. The molecule has 2 atom stereocenters. The first-order valence-corrected chi connectivity index (χ1v) is 12.7. The van der Waals surface area contributed by atoms with Crippen LogP contribution in [0.5, 0.6) is 0 Å². The van der Waals surface area contributed by atoms with Gasteiger partial charge in [-0.3, -0.25) is 0 Å². The zero-order chi connectivity index (χ0) is 19.2. The summed E-state index contributed by atoms with van der Waals surface area (Å²) in [5, 5.41) is 0. The molecule has 0 radical (unpaired) electrons. The molecule has 27 heavy (non-hydrogen) atoms. The third-order valence-electron chi connectivity index (χ3n) is 7.02. The Labute approximate surface area is 171 Å². The minimum Gasteiger partial charge on any atom is -0.0804 e. The Morgan fingerprint density at radius 1 is 0.704 bits per heavy atom. The Morgan fingerprint density at radius 3 is 1.81 bits per heavy atom. The zero-order valence-corrected chi connectivity index (χ0v) is 18.7. The number of hydrogen-bond donors (Lipinski definition) is 0. The molecule has 2 bridgehead atoms. The van der Waals surface area contributed by atoms with Crippen molar-refractivity contribution in [3.05, 3.63) is 23.8 Å². The van der Waals surface area contributed by atoms with E-state index in [0.29, 0.717) is 5.41 Å². The summed E-state index contributed by atoms with van der Waals surface area (Å²) >= 11 is 0. The normalized spacial score (nSPS) is 23.3. The van der Waals surface area contributed by atoms with Crippen molar-refractivity contribution in [2.24, 2.45) is 11.3 Å². The van der Waals surface area contributed by atoms with E-state index in [-0.39, 0.29) is 0 Å². The molecule has 2 unspecified atom stereocenters. The molecule has 0 fully saturated rings. The number of rotatable bonds is 18. The van der Waals surface area contributed by atoms with Gasteiger partial charge in [0.25, 0.3) is 0 Å². The second kappa shape index (κ2) is 13.6. The van der Waals surface area contributed by atoms with Gasteiger partial charge in [0.1, 0.15) is 0 Å². The molecule has 156 valence electrons. The molecule has 2 aliphatic rings. The van der Waals surface area contributed by atoms with Gasteiger partial charge in [0.05, 0.1) is 0 Å². The van der Waals surface area contributed by atoms with Crippen molar-refractivity contribution in [2.45, 2.75) is 136 Å². The van der Waals surface area contributed by atoms with Crippen LogP contribution >= 0.6 is 0 Å². The van der Waals surface area contributed by atoms with E-state index in [1.54, 1.807) is 5.57 Å². The Bertz CT molecular complexity index is 429. The topological polar surface area (TPSA) is 0 Å². The van der Waals surface area contributed by atoms with E-state index in [0.717, 1.165) is 5.92 Å². The minimum atomic E-state index is 0.475. The van der Waals surface area contributed by atoms with Crippen molar-refractivity contribution in [3.8, 4) is 0 Å². The van der Waals surface area contributed by atoms with Crippen LogP contribution < -0.4 is 0 Å². The molecule has 0 spiro atoms. The molecule has 0 heteroatoms. The van der Waals surface area contributed by atoms with Crippen LogP contribution in [0.1, 0.15) is 136 Å². The lowest BCUT2D eigenvalue weighted by Crippen LogP contribution is -2.09. The fourth-order valence-corrected chi connectivity index (χ4v) is 5.26. The fraction of sp³-hybridized carbons (Fsp3) is 0.852. The van der Waals surface area contributed by atoms with Crippen LogP contribution in [0.15, 0.2) is 23.8 Å². The summed E-state index contributed by atoms with van der Waals surface area (Å²) < 4.78 is 0. The van der Waals surface area contributed by atoms with Gasteiger partial charge in [-0.25, -0.2) is 0 Å². The standard InChI is InChI=1S/C27H48/c1-3-5-7-9-11-13-15-17-19-25-23-27(22-20-26(25)24-27)21-18-16-14-12-10-8-6-4-2/h20,22-23,26H,3-19,21,24H2,1-2H3. The molecule has 0 saturated carbocycles. The molecule has 0 saturated heterocycles. The van der Waals surface area contributed by atoms with Crippen LogP contribution in [0.25, 0.3) is 0 Å². The van der Waals surface area contributed by atoms with Gasteiger partial charge in [-0.2, -0.15) is 0 Å². The minimum absolute atomic E-state index is 0.475. The van der Waals surface area contributed by atoms with Crippen molar-refractivity contribution in [3.63, 3.8) is 0 Å². The molecule has 0 aromatic heterocycles. The van der Waals surface area contributed by atoms with Crippen LogP contribution in [0.4, 0.5) is 0 Å². The van der Waals surface area contributed by atoms with Crippen LogP contribution in [-0.4, -0.2) is 0 Å². The lowest BCUT2D eigenvalue weighted by molar-refractivity contribution is 0.413. The van der Waals surface area contributed by atoms with Gasteiger partial charge in [0.2, 0.25) is 0 Å². The molecule has 0 aromatic carbocycles. The highest BCUT2D eigenvalue weighted by Crippen LogP contribution is 2.51. The van der Waals surface area contributed by atoms with E-state index in [1.165, 1.54) is 122 Å². The van der Waals surface area contributed by atoms with Gasteiger partial charge in [0.15, 0.2) is 0 Å². The summed E-state index contributed by atoms with van der Waals surface area (Å²) in [4.78, 5) is 0. The van der Waals surface area contributed by atoms with Crippen LogP contribution in [-0.2, 0) is 0 Å². The average Bonchev–Trinajstić information content (AvgIpc) is 3.24. The van der Waals surface area contributed by atoms with Crippen LogP contribution in [0.3, 0.4) is 0 Å². The number of fused-ring (bicyclic) bond motifs is 2. The van der Waals surface area contributed by atoms with E-state index in [1.807, 2.05) is 0 Å². The summed E-state index contributed by atoms with van der Waals surface area (Å²) in [6, 6.07) is 0. The maximum absolute atomic E-state index is 2.71. The van der Waals surface area contributed by atoms with Gasteiger partial charge in [-0.15, -0.1) is 0 Å². The predicted octanol–water partition coefficient (Wildman–Crippen LogP) is 9.55. The van der Waals surface area contributed by atoms with Crippen molar-refractivity contribution in [2.75, 3.05) is 0 Å². The number of allylic oxidation sites excluding steroid dienone is 4. The van der Waals surface area contributed by atoms with Crippen LogP contribution in [0.2, 0.25) is 0 Å². The second-order valence-electron chi connectivity index (χ2n) is 9.57. The Morgan fingerprint density at radius 2 is 1.22 bits per heavy atom. The second-order valence-corrected chi connectivity index (χ2v) is 9.57. The fourth-order valence-electron chi connectivity index (χ4n) is 5.26. The molecule has 0 aromatic rings. The maximum atomic E-state index is 2.71. The van der Waals surface area contributed by atoms with E-state index in [9.17, 15) is 0 Å². The molecule has 0 N–H and O–H groups in total. The Balaban J connectivity index is 1.52. The summed E-state index contributed by atoms with van der Waals surface area (Å²) in [5.41, 5.74) is 2.27. The molecule has 2 aliphatic carbocycles. The van der Waals surface area contributed by atoms with E-state index in [2.05, 4.69) is 32.1 Å². The zero-order valence-electron chi connectivity index (χ0n) is 18.7.